The number of carbonyl (C=O) groups is 6. The Morgan fingerprint density at radius 1 is 0.925 bits per heavy atom. The van der Waals surface area contributed by atoms with E-state index < -0.39 is 41.4 Å². The molecule has 18 nitrogen and oxygen atoms in total. The highest BCUT2D eigenvalue weighted by Crippen LogP contribution is 2.35. The Morgan fingerprint density at radius 3 is 2.49 bits per heavy atom. The van der Waals surface area contributed by atoms with E-state index in [1.165, 1.54) is 24.5 Å². The molecule has 4 aromatic rings. The zero-order chi connectivity index (χ0) is 47.0. The summed E-state index contributed by atoms with van der Waals surface area (Å²) in [5.74, 6) is -2.23. The third kappa shape index (κ3) is 11.0. The fourth-order valence-corrected chi connectivity index (χ4v) is 9.13. The molecule has 1 unspecified atom stereocenters. The third-order valence-corrected chi connectivity index (χ3v) is 12.8. The van der Waals surface area contributed by atoms with Crippen molar-refractivity contribution in [3.8, 4) is 5.75 Å². The second-order valence-electron chi connectivity index (χ2n) is 16.7. The number of piperazine rings is 1. The van der Waals surface area contributed by atoms with Crippen LogP contribution < -0.4 is 26.0 Å². The Morgan fingerprint density at radius 2 is 1.73 bits per heavy atom. The topological polar surface area (TPSA) is 208 Å². The van der Waals surface area contributed by atoms with Crippen LogP contribution in [0.15, 0.2) is 67.5 Å². The van der Waals surface area contributed by atoms with Crippen molar-refractivity contribution in [1.29, 1.82) is 0 Å². The fourth-order valence-electron chi connectivity index (χ4n) is 8.95. The molecule has 1 aromatic heterocycles. The van der Waals surface area contributed by atoms with Gasteiger partial charge in [0.25, 0.3) is 11.8 Å². The Hall–Kier alpha value is -6.54. The lowest BCUT2D eigenvalue weighted by Gasteiger charge is -2.42. The van der Waals surface area contributed by atoms with Crippen LogP contribution >= 0.6 is 11.6 Å². The van der Waals surface area contributed by atoms with Crippen LogP contribution in [-0.4, -0.2) is 149 Å². The van der Waals surface area contributed by atoms with Gasteiger partial charge in [0.1, 0.15) is 29.8 Å². The number of hydrogen-bond donors (Lipinski definition) is 4. The van der Waals surface area contributed by atoms with Gasteiger partial charge in [0, 0.05) is 74.6 Å². The van der Waals surface area contributed by atoms with Crippen molar-refractivity contribution in [3.63, 3.8) is 0 Å². The normalized spacial score (nSPS) is 18.2. The largest absolute Gasteiger partial charge is 0.491 e. The van der Waals surface area contributed by atoms with E-state index in [-0.39, 0.29) is 54.5 Å². The molecule has 3 saturated heterocycles. The number of rotatable bonds is 18. The molecule has 6 amide bonds. The summed E-state index contributed by atoms with van der Waals surface area (Å²) in [4.78, 5) is 92.4. The summed E-state index contributed by atoms with van der Waals surface area (Å²) in [5.41, 5.74) is 2.38. The Kier molecular flexibility index (Phi) is 15.0. The number of ether oxygens (including phenoxy) is 2. The maximum atomic E-state index is 13.8. The van der Waals surface area contributed by atoms with Crippen molar-refractivity contribution in [2.75, 3.05) is 88.1 Å². The smallest absolute Gasteiger partial charge is 0.264 e. The molecule has 4 N–H and O–H groups in total. The zero-order valence-corrected chi connectivity index (χ0v) is 37.6. The van der Waals surface area contributed by atoms with Crippen molar-refractivity contribution < 1.29 is 42.6 Å². The number of piperidine rings is 2. The minimum Gasteiger partial charge on any atom is -0.491 e. The van der Waals surface area contributed by atoms with Gasteiger partial charge in [-0.2, -0.15) is 0 Å². The Labute approximate surface area is 391 Å². The van der Waals surface area contributed by atoms with Crippen molar-refractivity contribution >= 4 is 80.8 Å². The first-order valence-electron chi connectivity index (χ1n) is 22.4. The molecule has 8 rings (SSSR count). The van der Waals surface area contributed by atoms with Crippen LogP contribution in [0.3, 0.4) is 0 Å². The van der Waals surface area contributed by atoms with Gasteiger partial charge in [-0.1, -0.05) is 24.2 Å². The highest BCUT2D eigenvalue weighted by Gasteiger charge is 2.45. The van der Waals surface area contributed by atoms with Crippen LogP contribution in [0.1, 0.15) is 59.2 Å². The lowest BCUT2D eigenvalue weighted by atomic mass is 10.0. The van der Waals surface area contributed by atoms with E-state index in [1.807, 2.05) is 4.90 Å². The van der Waals surface area contributed by atoms with Crippen molar-refractivity contribution in [2.24, 2.45) is 0 Å². The summed E-state index contributed by atoms with van der Waals surface area (Å²) in [6.45, 7) is 10.6. The predicted molar refractivity (Wildman–Crippen MR) is 248 cm³/mol. The van der Waals surface area contributed by atoms with E-state index in [2.05, 4.69) is 47.6 Å². The second kappa shape index (κ2) is 21.4. The molecule has 4 aliphatic heterocycles. The van der Waals surface area contributed by atoms with Gasteiger partial charge in [0.15, 0.2) is 0 Å². The molecule has 0 aliphatic carbocycles. The molecule has 0 saturated carbocycles. The monoisotopic (exact) mass is 938 g/mol. The van der Waals surface area contributed by atoms with Crippen LogP contribution in [0, 0.1) is 5.82 Å². The highest BCUT2D eigenvalue weighted by atomic mass is 35.5. The number of hydrogen-bond acceptors (Lipinski definition) is 14. The van der Waals surface area contributed by atoms with Gasteiger partial charge in [-0.15, -0.1) is 0 Å². The summed E-state index contributed by atoms with van der Waals surface area (Å²) in [6.07, 6.45) is 5.81. The molecular formula is C47H52ClFN10O8. The minimum atomic E-state index is -1.04. The summed E-state index contributed by atoms with van der Waals surface area (Å²) in [6, 6.07) is 12.1. The lowest BCUT2D eigenvalue weighted by molar-refractivity contribution is -0.136. The molecule has 20 heteroatoms. The third-order valence-electron chi connectivity index (χ3n) is 12.5. The molecule has 1 atom stereocenters. The number of anilines is 4. The van der Waals surface area contributed by atoms with Crippen LogP contribution in [0.4, 0.5) is 27.3 Å². The second-order valence-corrected chi connectivity index (χ2v) is 17.1. The molecule has 67 heavy (non-hydrogen) atoms. The number of likely N-dealkylation sites (tertiary alicyclic amines) is 1. The summed E-state index contributed by atoms with van der Waals surface area (Å²) < 4.78 is 25.7. The van der Waals surface area contributed by atoms with E-state index in [9.17, 15) is 33.2 Å². The van der Waals surface area contributed by atoms with E-state index in [0.29, 0.717) is 71.8 Å². The van der Waals surface area contributed by atoms with Gasteiger partial charge >= 0.3 is 0 Å². The fraction of sp³-hybridized carbons (Fsp3) is 0.404. The maximum Gasteiger partial charge on any atom is 0.264 e. The van der Waals surface area contributed by atoms with Crippen LogP contribution in [0.5, 0.6) is 5.75 Å². The first kappa shape index (κ1) is 47.0. The number of fused-ring (bicyclic) bond motifs is 2. The van der Waals surface area contributed by atoms with Gasteiger partial charge in [-0.05, 0) is 81.2 Å². The molecule has 3 aromatic carbocycles. The number of carbonyl (C=O) groups excluding carboxylic acids is 6. The van der Waals surface area contributed by atoms with Crippen LogP contribution in [0.25, 0.3) is 10.9 Å². The van der Waals surface area contributed by atoms with E-state index >= 15 is 0 Å². The SMILES string of the molecule is C=CC(=O)Nc1cc2c(Nc3ccc(F)c(Cl)c3)ncnc2cc1OCCCN1CCC(N2CCN(C(=O)CCOCCNc3cccc4c3C(=O)N(C3CCC(=O)NC3=O)C4=O)CC2)CC1. The summed E-state index contributed by atoms with van der Waals surface area (Å²) in [5, 5.41) is 11.9. The number of imide groups is 2. The van der Waals surface area contributed by atoms with Gasteiger partial charge < -0.3 is 35.2 Å². The molecular weight excluding hydrogens is 887 g/mol. The van der Waals surface area contributed by atoms with Gasteiger partial charge in [0.05, 0.1) is 53.6 Å². The van der Waals surface area contributed by atoms with E-state index in [0.717, 1.165) is 56.9 Å². The van der Waals surface area contributed by atoms with Crippen LogP contribution in [-0.2, 0) is 23.9 Å². The average molecular weight is 939 g/mol. The number of benzene rings is 3. The minimum absolute atomic E-state index is 0.0299. The van der Waals surface area contributed by atoms with Crippen molar-refractivity contribution in [1.82, 2.24) is 34.9 Å². The van der Waals surface area contributed by atoms with Crippen molar-refractivity contribution in [2.45, 2.75) is 50.6 Å². The summed E-state index contributed by atoms with van der Waals surface area (Å²) >= 11 is 5.98. The molecule has 0 bridgehead atoms. The number of nitrogens with one attached hydrogen (secondary N) is 4. The maximum absolute atomic E-state index is 13.8. The Bertz CT molecular complexity index is 2570. The molecule has 5 heterocycles. The molecule has 4 aliphatic rings. The van der Waals surface area contributed by atoms with Gasteiger partial charge in [0.2, 0.25) is 23.6 Å². The zero-order valence-electron chi connectivity index (χ0n) is 36.9. The first-order chi connectivity index (χ1) is 32.5. The Balaban J connectivity index is 0.721. The molecule has 0 radical (unpaired) electrons. The molecule has 0 spiro atoms. The van der Waals surface area contributed by atoms with E-state index in [1.54, 1.807) is 36.4 Å². The van der Waals surface area contributed by atoms with E-state index in [4.69, 9.17) is 21.1 Å². The summed E-state index contributed by atoms with van der Waals surface area (Å²) in [7, 11) is 0. The van der Waals surface area contributed by atoms with Gasteiger partial charge in [-0.25, -0.2) is 14.4 Å². The highest BCUT2D eigenvalue weighted by molar-refractivity contribution is 6.31. The quantitative estimate of drug-likeness (QED) is 0.0612. The van der Waals surface area contributed by atoms with Crippen molar-refractivity contribution in [3.05, 3.63) is 89.5 Å². The first-order valence-corrected chi connectivity index (χ1v) is 22.8. The molecule has 352 valence electrons. The number of halogens is 2. The standard InChI is InChI=1S/C47H52ClFN10O8/c1-2-40(60)54-37-26-32-36(51-28-52-44(32)53-29-7-8-34(49)33(48)25-29)27-39(37)67-22-4-15-56-16-11-30(12-17-56)57-18-20-58(21-19-57)42(62)13-23-66-24-14-50-35-6-3-5-31-43(35)47(65)59(46(31)64)38-9-10-41(61)55-45(38)63/h2-3,5-8,25-28,30,38,50H,1,4,9-24H2,(H,54,60)(H,51,52,53)(H,55,61,63). The average Bonchev–Trinajstić information content (AvgIpc) is 3.59. The van der Waals surface area contributed by atoms with Crippen LogP contribution in [0.2, 0.25) is 5.02 Å². The molecule has 3 fully saturated rings. The predicted octanol–water partition coefficient (Wildman–Crippen LogP) is 4.59. The lowest BCUT2D eigenvalue weighted by Crippen LogP contribution is -2.54. The number of amides is 6. The van der Waals surface area contributed by atoms with Gasteiger partial charge in [-0.3, -0.25) is 43.9 Å². The number of aromatic nitrogens is 2. The number of nitrogens with zero attached hydrogens (tertiary/aromatic N) is 6.